The van der Waals surface area contributed by atoms with Crippen LogP contribution in [0.1, 0.15) is 44.0 Å². The molecule has 0 saturated carbocycles. The summed E-state index contributed by atoms with van der Waals surface area (Å²) in [6.07, 6.45) is 1.33. The van der Waals surface area contributed by atoms with Crippen molar-refractivity contribution in [1.82, 2.24) is 9.78 Å². The van der Waals surface area contributed by atoms with Crippen LogP contribution in [0, 0.1) is 0 Å². The lowest BCUT2D eigenvalue weighted by Crippen LogP contribution is -2.34. The quantitative estimate of drug-likeness (QED) is 0.607. The Bertz CT molecular complexity index is 1160. The molecule has 32 heavy (non-hydrogen) atoms. The zero-order valence-corrected chi connectivity index (χ0v) is 18.6. The van der Waals surface area contributed by atoms with Gasteiger partial charge in [-0.15, -0.1) is 0 Å². The van der Waals surface area contributed by atoms with Gasteiger partial charge in [0, 0.05) is 30.1 Å². The number of aromatic nitrogens is 2. The highest BCUT2D eigenvalue weighted by Crippen LogP contribution is 2.30. The fraction of sp³-hybridized carbons (Fsp3) is 0.320. The fourth-order valence-corrected chi connectivity index (χ4v) is 3.85. The average molecular weight is 433 g/mol. The summed E-state index contributed by atoms with van der Waals surface area (Å²) in [5.41, 5.74) is 4.43. The van der Waals surface area contributed by atoms with Gasteiger partial charge in [0.05, 0.1) is 11.4 Å². The molecule has 0 bridgehead atoms. The number of carbonyl (C=O) groups is 2. The zero-order valence-electron chi connectivity index (χ0n) is 18.6. The van der Waals surface area contributed by atoms with Crippen molar-refractivity contribution in [1.29, 1.82) is 0 Å². The third-order valence-corrected chi connectivity index (χ3v) is 5.63. The summed E-state index contributed by atoms with van der Waals surface area (Å²) in [4.78, 5) is 25.9. The van der Waals surface area contributed by atoms with Crippen molar-refractivity contribution in [2.45, 2.75) is 45.4 Å². The summed E-state index contributed by atoms with van der Waals surface area (Å²) >= 11 is 0. The molecule has 166 valence electrons. The van der Waals surface area contributed by atoms with Crippen molar-refractivity contribution in [2.24, 2.45) is 0 Å². The highest BCUT2D eigenvalue weighted by Gasteiger charge is 2.27. The van der Waals surface area contributed by atoms with Crippen LogP contribution in [0.15, 0.2) is 54.6 Å². The van der Waals surface area contributed by atoms with Gasteiger partial charge in [0.25, 0.3) is 0 Å². The van der Waals surface area contributed by atoms with E-state index in [1.165, 1.54) is 0 Å². The number of aryl methyl sites for hydroxylation is 1. The fourth-order valence-electron chi connectivity index (χ4n) is 3.85. The number of amides is 2. The van der Waals surface area contributed by atoms with Crippen molar-refractivity contribution in [2.75, 3.05) is 16.8 Å². The first-order valence-electron chi connectivity index (χ1n) is 10.8. The SMILES string of the molecule is CC(C)(C)c1cc(NC(=O)N2CCc3ccccc32)n(-c2cccc(CCC(=O)O)c2)n1. The first-order valence-corrected chi connectivity index (χ1v) is 10.8. The van der Waals surface area contributed by atoms with E-state index in [4.69, 9.17) is 10.2 Å². The third kappa shape index (κ3) is 4.51. The summed E-state index contributed by atoms with van der Waals surface area (Å²) in [6, 6.07) is 17.3. The molecular weight excluding hydrogens is 404 g/mol. The molecule has 1 aliphatic heterocycles. The van der Waals surface area contributed by atoms with E-state index >= 15 is 0 Å². The molecule has 0 fully saturated rings. The van der Waals surface area contributed by atoms with Gasteiger partial charge in [-0.25, -0.2) is 9.48 Å². The Labute approximate surface area is 187 Å². The van der Waals surface area contributed by atoms with Gasteiger partial charge in [-0.2, -0.15) is 5.10 Å². The molecule has 1 aliphatic rings. The van der Waals surface area contributed by atoms with Crippen LogP contribution in [0.2, 0.25) is 0 Å². The first-order chi connectivity index (χ1) is 15.2. The molecule has 7 nitrogen and oxygen atoms in total. The topological polar surface area (TPSA) is 87.5 Å². The second kappa shape index (κ2) is 8.49. The normalized spacial score (nSPS) is 13.2. The van der Waals surface area contributed by atoms with Crippen molar-refractivity contribution in [3.05, 3.63) is 71.4 Å². The molecule has 1 aromatic heterocycles. The van der Waals surface area contributed by atoms with Gasteiger partial charge in [0.1, 0.15) is 5.82 Å². The number of aliphatic carboxylic acids is 1. The Morgan fingerprint density at radius 3 is 2.62 bits per heavy atom. The minimum Gasteiger partial charge on any atom is -0.481 e. The molecule has 0 aliphatic carbocycles. The molecule has 2 amide bonds. The van der Waals surface area contributed by atoms with Crippen LogP contribution in [0.3, 0.4) is 0 Å². The molecule has 0 unspecified atom stereocenters. The van der Waals surface area contributed by atoms with Gasteiger partial charge in [-0.05, 0) is 42.2 Å². The van der Waals surface area contributed by atoms with Gasteiger partial charge >= 0.3 is 12.0 Å². The lowest BCUT2D eigenvalue weighted by atomic mass is 9.92. The number of hydrogen-bond donors (Lipinski definition) is 2. The van der Waals surface area contributed by atoms with Crippen LogP contribution in [0.5, 0.6) is 0 Å². The Kier molecular flexibility index (Phi) is 5.74. The molecule has 0 atom stereocenters. The van der Waals surface area contributed by atoms with E-state index in [-0.39, 0.29) is 17.9 Å². The van der Waals surface area contributed by atoms with E-state index in [2.05, 4.69) is 26.1 Å². The van der Waals surface area contributed by atoms with E-state index < -0.39 is 5.97 Å². The number of carboxylic acid groups (broad SMARTS) is 1. The van der Waals surface area contributed by atoms with Crippen LogP contribution in [0.25, 0.3) is 5.69 Å². The summed E-state index contributed by atoms with van der Waals surface area (Å²) in [5.74, 6) is -0.247. The summed E-state index contributed by atoms with van der Waals surface area (Å²) in [7, 11) is 0. The van der Waals surface area contributed by atoms with Crippen molar-refractivity contribution < 1.29 is 14.7 Å². The molecular formula is C25H28N4O3. The minimum atomic E-state index is -0.830. The van der Waals surface area contributed by atoms with Crippen LogP contribution in [-0.4, -0.2) is 33.4 Å². The second-order valence-electron chi connectivity index (χ2n) is 9.10. The maximum atomic E-state index is 13.2. The predicted octanol–water partition coefficient (Wildman–Crippen LogP) is 4.78. The van der Waals surface area contributed by atoms with Crippen LogP contribution in [-0.2, 0) is 23.1 Å². The highest BCUT2D eigenvalue weighted by atomic mass is 16.4. The zero-order chi connectivity index (χ0) is 22.9. The lowest BCUT2D eigenvalue weighted by Gasteiger charge is -2.18. The number of nitrogens with one attached hydrogen (secondary N) is 1. The molecule has 2 aromatic carbocycles. The number of anilines is 2. The molecule has 2 heterocycles. The monoisotopic (exact) mass is 432 g/mol. The number of hydrogen-bond acceptors (Lipinski definition) is 3. The van der Waals surface area contributed by atoms with Gasteiger partial charge in [0.2, 0.25) is 0 Å². The maximum Gasteiger partial charge on any atom is 0.327 e. The van der Waals surface area contributed by atoms with Gasteiger partial charge in [-0.1, -0.05) is 51.1 Å². The van der Waals surface area contributed by atoms with E-state index in [1.807, 2.05) is 54.6 Å². The minimum absolute atomic E-state index is 0.0633. The number of benzene rings is 2. The number of para-hydroxylation sites is 1. The Balaban J connectivity index is 1.66. The third-order valence-electron chi connectivity index (χ3n) is 5.63. The number of carboxylic acids is 1. The number of fused-ring (bicyclic) bond motifs is 1. The standard InChI is InChI=1S/C25H28N4O3/c1-25(2,3)21-16-22(26-24(32)28-14-13-18-8-4-5-10-20(18)28)29(27-21)19-9-6-7-17(15-19)11-12-23(30)31/h4-10,15-16H,11-14H2,1-3H3,(H,26,32)(H,30,31). The van der Waals surface area contributed by atoms with Crippen LogP contribution in [0.4, 0.5) is 16.3 Å². The van der Waals surface area contributed by atoms with E-state index in [9.17, 15) is 9.59 Å². The van der Waals surface area contributed by atoms with Crippen molar-refractivity contribution in [3.63, 3.8) is 0 Å². The maximum absolute atomic E-state index is 13.2. The van der Waals surface area contributed by atoms with E-state index in [1.54, 1.807) is 9.58 Å². The lowest BCUT2D eigenvalue weighted by molar-refractivity contribution is -0.136. The molecule has 4 rings (SSSR count). The highest BCUT2D eigenvalue weighted by molar-refractivity contribution is 6.02. The molecule has 0 saturated heterocycles. The Morgan fingerprint density at radius 2 is 1.88 bits per heavy atom. The van der Waals surface area contributed by atoms with E-state index in [0.29, 0.717) is 18.8 Å². The Hall–Kier alpha value is -3.61. The summed E-state index contributed by atoms with van der Waals surface area (Å²) in [5, 5.41) is 16.8. The molecule has 3 aromatic rings. The largest absolute Gasteiger partial charge is 0.481 e. The first kappa shape index (κ1) is 21.6. The number of rotatable bonds is 5. The molecule has 0 radical (unpaired) electrons. The van der Waals surface area contributed by atoms with E-state index in [0.717, 1.165) is 34.6 Å². The van der Waals surface area contributed by atoms with Gasteiger partial charge < -0.3 is 5.11 Å². The second-order valence-corrected chi connectivity index (χ2v) is 9.10. The smallest absolute Gasteiger partial charge is 0.327 e. The van der Waals surface area contributed by atoms with Crippen molar-refractivity contribution in [3.8, 4) is 5.69 Å². The van der Waals surface area contributed by atoms with Crippen molar-refractivity contribution >= 4 is 23.5 Å². The number of urea groups is 1. The molecule has 2 N–H and O–H groups in total. The number of nitrogens with zero attached hydrogens (tertiary/aromatic N) is 3. The Morgan fingerprint density at radius 1 is 1.09 bits per heavy atom. The van der Waals surface area contributed by atoms with Crippen LogP contribution < -0.4 is 10.2 Å². The predicted molar refractivity (Wildman–Crippen MR) is 125 cm³/mol. The molecule has 7 heteroatoms. The van der Waals surface area contributed by atoms with Gasteiger partial charge in [0.15, 0.2) is 0 Å². The number of carbonyl (C=O) groups excluding carboxylic acids is 1. The van der Waals surface area contributed by atoms with Gasteiger partial charge in [-0.3, -0.25) is 15.0 Å². The molecule has 0 spiro atoms. The average Bonchev–Trinajstić information content (AvgIpc) is 3.37. The summed E-state index contributed by atoms with van der Waals surface area (Å²) < 4.78 is 1.73. The van der Waals surface area contributed by atoms with Crippen LogP contribution >= 0.6 is 0 Å². The summed E-state index contributed by atoms with van der Waals surface area (Å²) in [6.45, 7) is 6.86.